The van der Waals surface area contributed by atoms with Crippen LogP contribution >= 0.6 is 0 Å². The van der Waals surface area contributed by atoms with Crippen molar-refractivity contribution in [2.24, 2.45) is 0 Å². The van der Waals surface area contributed by atoms with E-state index in [1.165, 1.54) is 21.7 Å². The normalized spacial score (nSPS) is 17.5. The summed E-state index contributed by atoms with van der Waals surface area (Å²) in [5, 5.41) is 13.5. The Morgan fingerprint density at radius 3 is 2.81 bits per heavy atom. The number of nitrogens with zero attached hydrogens (tertiary/aromatic N) is 4. The molecule has 1 N–H and O–H groups in total. The highest BCUT2D eigenvalue weighted by molar-refractivity contribution is 5.93. The first-order valence-electron chi connectivity index (χ1n) is 8.23. The van der Waals surface area contributed by atoms with Gasteiger partial charge in [0.05, 0.1) is 18.9 Å². The second kappa shape index (κ2) is 7.20. The number of carbonyl (C=O) groups excluding carboxylic acids is 1. The van der Waals surface area contributed by atoms with Gasteiger partial charge in [-0.25, -0.2) is 18.9 Å². The highest BCUT2D eigenvalue weighted by Gasteiger charge is 2.35. The van der Waals surface area contributed by atoms with Crippen molar-refractivity contribution in [1.29, 1.82) is 0 Å². The summed E-state index contributed by atoms with van der Waals surface area (Å²) in [6.45, 7) is 4.06. The van der Waals surface area contributed by atoms with Crippen LogP contribution in [0.4, 0.5) is 4.39 Å². The van der Waals surface area contributed by atoms with Crippen LogP contribution in [0.1, 0.15) is 36.2 Å². The van der Waals surface area contributed by atoms with Crippen LogP contribution in [0.15, 0.2) is 24.3 Å². The van der Waals surface area contributed by atoms with Gasteiger partial charge in [0.1, 0.15) is 11.6 Å². The van der Waals surface area contributed by atoms with E-state index >= 15 is 0 Å². The molecule has 1 aromatic carbocycles. The van der Waals surface area contributed by atoms with Crippen molar-refractivity contribution in [2.45, 2.75) is 25.8 Å². The highest BCUT2D eigenvalue weighted by Crippen LogP contribution is 2.20. The molecule has 0 saturated carbocycles. The van der Waals surface area contributed by atoms with Crippen molar-refractivity contribution in [3.63, 3.8) is 0 Å². The van der Waals surface area contributed by atoms with Crippen molar-refractivity contribution >= 4 is 11.9 Å². The molecule has 1 aromatic heterocycles. The first-order chi connectivity index (χ1) is 12.4. The number of rotatable bonds is 4. The molecule has 1 unspecified atom stereocenters. The third-order valence-electron chi connectivity index (χ3n) is 4.07. The lowest BCUT2D eigenvalue weighted by atomic mass is 10.2. The molecule has 0 spiro atoms. The molecule has 0 aliphatic carbocycles. The lowest BCUT2D eigenvalue weighted by Gasteiger charge is -2.31. The molecule has 2 heterocycles. The number of halogens is 1. The largest absolute Gasteiger partial charge is 0.480 e. The second-order valence-corrected chi connectivity index (χ2v) is 6.27. The van der Waals surface area contributed by atoms with E-state index in [4.69, 9.17) is 4.74 Å². The fraction of sp³-hybridized carbons (Fsp3) is 0.412. The predicted octanol–water partition coefficient (Wildman–Crippen LogP) is 1.46. The molecular weight excluding hydrogens is 343 g/mol. The summed E-state index contributed by atoms with van der Waals surface area (Å²) >= 11 is 0. The van der Waals surface area contributed by atoms with E-state index in [1.54, 1.807) is 12.1 Å². The molecule has 9 heteroatoms. The van der Waals surface area contributed by atoms with Gasteiger partial charge in [-0.15, -0.1) is 5.10 Å². The topological polar surface area (TPSA) is 97.6 Å². The molecule has 3 rings (SSSR count). The number of aromatic nitrogens is 3. The van der Waals surface area contributed by atoms with Gasteiger partial charge in [-0.1, -0.05) is 19.9 Å². The van der Waals surface area contributed by atoms with Crippen LogP contribution in [0.25, 0.3) is 5.69 Å². The quantitative estimate of drug-likeness (QED) is 0.884. The van der Waals surface area contributed by atoms with Crippen LogP contribution in [-0.4, -0.2) is 62.4 Å². The first-order valence-corrected chi connectivity index (χ1v) is 8.23. The molecule has 1 atom stereocenters. The van der Waals surface area contributed by atoms with Crippen molar-refractivity contribution in [2.75, 3.05) is 19.8 Å². The summed E-state index contributed by atoms with van der Waals surface area (Å²) in [6.07, 6.45) is 0. The number of amides is 1. The van der Waals surface area contributed by atoms with E-state index in [0.717, 1.165) is 0 Å². The predicted molar refractivity (Wildman–Crippen MR) is 88.7 cm³/mol. The number of hydrogen-bond acceptors (Lipinski definition) is 5. The smallest absolute Gasteiger partial charge is 0.328 e. The SMILES string of the molecule is CC(C)c1nc(C(=O)N2CCOCC2C(=O)O)nn1-c1cccc(F)c1. The number of carbonyl (C=O) groups is 2. The van der Waals surface area contributed by atoms with E-state index in [9.17, 15) is 19.1 Å². The number of aliphatic carboxylic acids is 1. The van der Waals surface area contributed by atoms with Gasteiger partial charge < -0.3 is 14.7 Å². The Bertz CT molecular complexity index is 836. The van der Waals surface area contributed by atoms with Crippen LogP contribution in [0.3, 0.4) is 0 Å². The minimum absolute atomic E-state index is 0.0766. The number of benzene rings is 1. The van der Waals surface area contributed by atoms with E-state index in [0.29, 0.717) is 11.5 Å². The number of carboxylic acids is 1. The monoisotopic (exact) mass is 362 g/mol. The Labute approximate surface area is 149 Å². The minimum Gasteiger partial charge on any atom is -0.480 e. The Morgan fingerprint density at radius 2 is 2.15 bits per heavy atom. The molecule has 138 valence electrons. The third kappa shape index (κ3) is 3.43. The first kappa shape index (κ1) is 18.0. The molecule has 1 aliphatic heterocycles. The lowest BCUT2D eigenvalue weighted by molar-refractivity contribution is -0.147. The molecule has 26 heavy (non-hydrogen) atoms. The molecule has 2 aromatic rings. The molecule has 0 bridgehead atoms. The highest BCUT2D eigenvalue weighted by atomic mass is 19.1. The van der Waals surface area contributed by atoms with E-state index in [1.807, 2.05) is 13.8 Å². The standard InChI is InChI=1S/C17H19FN4O4/c1-10(2)15-19-14(20-22(15)12-5-3-4-11(18)8-12)16(23)21-6-7-26-9-13(21)17(24)25/h3-5,8,10,13H,6-7,9H2,1-2H3,(H,24,25). The van der Waals surface area contributed by atoms with Crippen LogP contribution in [0.2, 0.25) is 0 Å². The van der Waals surface area contributed by atoms with Crippen LogP contribution < -0.4 is 0 Å². The summed E-state index contributed by atoms with van der Waals surface area (Å²) in [5.74, 6) is -1.87. The van der Waals surface area contributed by atoms with Crippen molar-refractivity contribution in [3.05, 3.63) is 41.7 Å². The van der Waals surface area contributed by atoms with Gasteiger partial charge in [0.2, 0.25) is 5.82 Å². The molecule has 8 nitrogen and oxygen atoms in total. The number of carboxylic acid groups (broad SMARTS) is 1. The third-order valence-corrected chi connectivity index (χ3v) is 4.07. The summed E-state index contributed by atoms with van der Waals surface area (Å²) in [4.78, 5) is 29.7. The van der Waals surface area contributed by atoms with Crippen molar-refractivity contribution in [3.8, 4) is 5.69 Å². The number of ether oxygens (including phenoxy) is 1. The molecule has 1 fully saturated rings. The Morgan fingerprint density at radius 1 is 1.38 bits per heavy atom. The van der Waals surface area contributed by atoms with Gasteiger partial charge in [-0.3, -0.25) is 4.79 Å². The van der Waals surface area contributed by atoms with Crippen LogP contribution in [0, 0.1) is 5.82 Å². The number of hydrogen-bond donors (Lipinski definition) is 1. The Hall–Kier alpha value is -2.81. The number of morpholine rings is 1. The van der Waals surface area contributed by atoms with Gasteiger partial charge >= 0.3 is 5.97 Å². The zero-order chi connectivity index (χ0) is 18.8. The summed E-state index contributed by atoms with van der Waals surface area (Å²) in [7, 11) is 0. The van der Waals surface area contributed by atoms with Gasteiger partial charge in [0.25, 0.3) is 5.91 Å². The maximum absolute atomic E-state index is 13.6. The van der Waals surface area contributed by atoms with Gasteiger partial charge in [-0.05, 0) is 18.2 Å². The molecule has 1 saturated heterocycles. The summed E-state index contributed by atoms with van der Waals surface area (Å²) in [6, 6.07) is 4.73. The maximum atomic E-state index is 13.6. The van der Waals surface area contributed by atoms with Crippen molar-refractivity contribution < 1.29 is 23.8 Å². The second-order valence-electron chi connectivity index (χ2n) is 6.27. The van der Waals surface area contributed by atoms with E-state index < -0.39 is 23.7 Å². The molecular formula is C17H19FN4O4. The van der Waals surface area contributed by atoms with Gasteiger partial charge in [-0.2, -0.15) is 0 Å². The van der Waals surface area contributed by atoms with E-state index in [2.05, 4.69) is 10.1 Å². The fourth-order valence-corrected chi connectivity index (χ4v) is 2.77. The molecule has 0 radical (unpaired) electrons. The molecule has 1 aliphatic rings. The van der Waals surface area contributed by atoms with Crippen LogP contribution in [-0.2, 0) is 9.53 Å². The van der Waals surface area contributed by atoms with Crippen LogP contribution in [0.5, 0.6) is 0 Å². The van der Waals surface area contributed by atoms with Gasteiger partial charge in [0.15, 0.2) is 6.04 Å². The summed E-state index contributed by atoms with van der Waals surface area (Å²) in [5.41, 5.74) is 0.442. The zero-order valence-electron chi connectivity index (χ0n) is 14.4. The average Bonchev–Trinajstić information content (AvgIpc) is 3.07. The van der Waals surface area contributed by atoms with Crippen molar-refractivity contribution in [1.82, 2.24) is 19.7 Å². The maximum Gasteiger partial charge on any atom is 0.328 e. The Kier molecular flexibility index (Phi) is 4.99. The molecule has 1 amide bonds. The average molecular weight is 362 g/mol. The lowest BCUT2D eigenvalue weighted by Crippen LogP contribution is -2.52. The minimum atomic E-state index is -1.15. The van der Waals surface area contributed by atoms with E-state index in [-0.39, 0.29) is 31.5 Å². The van der Waals surface area contributed by atoms with Gasteiger partial charge in [0, 0.05) is 12.5 Å². The fourth-order valence-electron chi connectivity index (χ4n) is 2.77. The zero-order valence-corrected chi connectivity index (χ0v) is 14.4. The Balaban J connectivity index is 1.99. The summed E-state index contributed by atoms with van der Waals surface area (Å²) < 4.78 is 20.1.